The summed E-state index contributed by atoms with van der Waals surface area (Å²) in [6.45, 7) is 4.56. The fraction of sp³-hybridized carbons (Fsp3) is 0.348. The molecule has 2 aromatic carbocycles. The molecule has 0 saturated carbocycles. The third-order valence-corrected chi connectivity index (χ3v) is 5.21. The molecule has 0 radical (unpaired) electrons. The monoisotopic (exact) mass is 447 g/mol. The van der Waals surface area contributed by atoms with Crippen molar-refractivity contribution in [1.82, 2.24) is 9.80 Å². The van der Waals surface area contributed by atoms with Gasteiger partial charge in [-0.1, -0.05) is 19.9 Å². The third-order valence-electron chi connectivity index (χ3n) is 5.21. The Morgan fingerprint density at radius 3 is 1.88 bits per heavy atom. The summed E-state index contributed by atoms with van der Waals surface area (Å²) in [5, 5.41) is 2.76. The van der Waals surface area contributed by atoms with Gasteiger partial charge in [0.2, 0.25) is 5.91 Å². The van der Waals surface area contributed by atoms with E-state index in [4.69, 9.17) is 0 Å². The number of piperazine rings is 1. The molecule has 1 heterocycles. The van der Waals surface area contributed by atoms with Crippen molar-refractivity contribution in [2.45, 2.75) is 20.0 Å². The van der Waals surface area contributed by atoms with Crippen molar-refractivity contribution in [2.75, 3.05) is 31.5 Å². The highest BCUT2D eigenvalue weighted by molar-refractivity contribution is 5.97. The van der Waals surface area contributed by atoms with E-state index in [0.29, 0.717) is 11.3 Å². The average Bonchev–Trinajstić information content (AvgIpc) is 2.78. The van der Waals surface area contributed by atoms with Crippen LogP contribution in [-0.4, -0.2) is 53.7 Å². The van der Waals surface area contributed by atoms with Crippen molar-refractivity contribution in [2.24, 2.45) is 5.92 Å². The van der Waals surface area contributed by atoms with Crippen molar-refractivity contribution in [3.63, 3.8) is 0 Å². The predicted molar refractivity (Wildman–Crippen MR) is 113 cm³/mol. The van der Waals surface area contributed by atoms with Gasteiger partial charge in [0.1, 0.15) is 0 Å². The number of hydrogen-bond donors (Lipinski definition) is 1. The van der Waals surface area contributed by atoms with Crippen LogP contribution in [0.4, 0.5) is 18.9 Å². The summed E-state index contributed by atoms with van der Waals surface area (Å²) < 4.78 is 38.7. The minimum Gasteiger partial charge on any atom is -0.335 e. The van der Waals surface area contributed by atoms with Gasteiger partial charge in [-0.2, -0.15) is 13.2 Å². The number of rotatable bonds is 4. The van der Waals surface area contributed by atoms with E-state index < -0.39 is 17.6 Å². The summed E-state index contributed by atoms with van der Waals surface area (Å²) in [4.78, 5) is 40.2. The van der Waals surface area contributed by atoms with Gasteiger partial charge < -0.3 is 15.1 Å². The molecule has 6 nitrogen and oxygen atoms in total. The first-order valence-electron chi connectivity index (χ1n) is 10.2. The highest BCUT2D eigenvalue weighted by atomic mass is 19.4. The van der Waals surface area contributed by atoms with Gasteiger partial charge in [-0.15, -0.1) is 0 Å². The van der Waals surface area contributed by atoms with E-state index >= 15 is 0 Å². The van der Waals surface area contributed by atoms with E-state index in [1.54, 1.807) is 43.0 Å². The molecule has 0 bridgehead atoms. The van der Waals surface area contributed by atoms with E-state index in [9.17, 15) is 27.6 Å². The Labute approximate surface area is 184 Å². The molecule has 9 heteroatoms. The molecule has 2 aromatic rings. The van der Waals surface area contributed by atoms with Crippen LogP contribution in [0.5, 0.6) is 0 Å². The summed E-state index contributed by atoms with van der Waals surface area (Å²) in [7, 11) is 0. The SMILES string of the molecule is CC(C)C(=O)Nc1ccc(C(=O)N2CCN(C(=O)c3cccc(C(F)(F)F)c3)CC2)cc1. The molecule has 0 spiro atoms. The lowest BCUT2D eigenvalue weighted by atomic mass is 10.1. The van der Waals surface area contributed by atoms with E-state index in [2.05, 4.69) is 5.32 Å². The van der Waals surface area contributed by atoms with E-state index in [1.807, 2.05) is 0 Å². The zero-order valence-electron chi connectivity index (χ0n) is 17.8. The van der Waals surface area contributed by atoms with Gasteiger partial charge in [-0.25, -0.2) is 0 Å². The zero-order chi connectivity index (χ0) is 23.5. The van der Waals surface area contributed by atoms with Crippen molar-refractivity contribution in [1.29, 1.82) is 0 Å². The molecule has 32 heavy (non-hydrogen) atoms. The first-order valence-corrected chi connectivity index (χ1v) is 10.2. The topological polar surface area (TPSA) is 69.7 Å². The van der Waals surface area contributed by atoms with Crippen LogP contribution in [0.1, 0.15) is 40.1 Å². The second-order valence-electron chi connectivity index (χ2n) is 7.88. The van der Waals surface area contributed by atoms with Gasteiger partial charge in [-0.3, -0.25) is 14.4 Å². The lowest BCUT2D eigenvalue weighted by Crippen LogP contribution is -2.50. The Kier molecular flexibility index (Phi) is 6.86. The van der Waals surface area contributed by atoms with Gasteiger partial charge >= 0.3 is 6.18 Å². The highest BCUT2D eigenvalue weighted by Gasteiger charge is 2.32. The molecular weight excluding hydrogens is 423 g/mol. The Morgan fingerprint density at radius 2 is 1.38 bits per heavy atom. The fourth-order valence-electron chi connectivity index (χ4n) is 3.29. The smallest absolute Gasteiger partial charge is 0.335 e. The number of carbonyl (C=O) groups is 3. The fourth-order valence-corrected chi connectivity index (χ4v) is 3.29. The van der Waals surface area contributed by atoms with Crippen LogP contribution in [0, 0.1) is 5.92 Å². The summed E-state index contributed by atoms with van der Waals surface area (Å²) >= 11 is 0. The normalized spacial score (nSPS) is 14.4. The van der Waals surface area contributed by atoms with Gasteiger partial charge in [0.25, 0.3) is 11.8 Å². The Bertz CT molecular complexity index is 996. The standard InChI is InChI=1S/C23H24F3N3O3/c1-15(2)20(30)27-19-8-6-16(7-9-19)21(31)28-10-12-29(13-11-28)22(32)17-4-3-5-18(14-17)23(24,25)26/h3-9,14-15H,10-13H2,1-2H3,(H,27,30). The van der Waals surface area contributed by atoms with Crippen LogP contribution in [0.3, 0.4) is 0 Å². The maximum absolute atomic E-state index is 12.9. The number of nitrogens with one attached hydrogen (secondary N) is 1. The molecule has 3 amide bonds. The third kappa shape index (κ3) is 5.46. The Hall–Kier alpha value is -3.36. The second-order valence-corrected chi connectivity index (χ2v) is 7.88. The number of halogens is 3. The van der Waals surface area contributed by atoms with Crippen LogP contribution in [-0.2, 0) is 11.0 Å². The number of benzene rings is 2. The molecule has 0 atom stereocenters. The number of amides is 3. The van der Waals surface area contributed by atoms with E-state index in [0.717, 1.165) is 12.1 Å². The average molecular weight is 447 g/mol. The highest BCUT2D eigenvalue weighted by Crippen LogP contribution is 2.29. The minimum absolute atomic E-state index is 0.0290. The van der Waals surface area contributed by atoms with Crippen LogP contribution < -0.4 is 5.32 Å². The quantitative estimate of drug-likeness (QED) is 0.773. The molecule has 0 aromatic heterocycles. The number of alkyl halides is 3. The van der Waals surface area contributed by atoms with Crippen molar-refractivity contribution in [3.8, 4) is 0 Å². The second kappa shape index (κ2) is 9.42. The number of carbonyl (C=O) groups excluding carboxylic acids is 3. The summed E-state index contributed by atoms with van der Waals surface area (Å²) in [6, 6.07) is 10.9. The molecular formula is C23H24F3N3O3. The van der Waals surface area contributed by atoms with E-state index in [-0.39, 0.29) is 49.5 Å². The molecule has 0 unspecified atom stereocenters. The summed E-state index contributed by atoms with van der Waals surface area (Å²) in [5.41, 5.74) is 0.144. The van der Waals surface area contributed by atoms with Crippen molar-refractivity contribution < 1.29 is 27.6 Å². The lowest BCUT2D eigenvalue weighted by molar-refractivity contribution is -0.137. The number of anilines is 1. The molecule has 1 fully saturated rings. The largest absolute Gasteiger partial charge is 0.416 e. The van der Waals surface area contributed by atoms with Gasteiger partial charge in [0.15, 0.2) is 0 Å². The summed E-state index contributed by atoms with van der Waals surface area (Å²) in [5.74, 6) is -0.983. The van der Waals surface area contributed by atoms with Gasteiger partial charge in [0, 0.05) is 48.9 Å². The van der Waals surface area contributed by atoms with Crippen LogP contribution in [0.15, 0.2) is 48.5 Å². The zero-order valence-corrected chi connectivity index (χ0v) is 17.8. The Balaban J connectivity index is 1.59. The maximum atomic E-state index is 12.9. The first-order chi connectivity index (χ1) is 15.1. The van der Waals surface area contributed by atoms with E-state index in [1.165, 1.54) is 17.0 Å². The number of hydrogen-bond acceptors (Lipinski definition) is 3. The molecule has 3 rings (SSSR count). The molecule has 1 aliphatic rings. The molecule has 1 aliphatic heterocycles. The van der Waals surface area contributed by atoms with Crippen LogP contribution >= 0.6 is 0 Å². The van der Waals surface area contributed by atoms with Crippen LogP contribution in [0.2, 0.25) is 0 Å². The predicted octanol–water partition coefficient (Wildman–Crippen LogP) is 3.90. The summed E-state index contributed by atoms with van der Waals surface area (Å²) in [6.07, 6.45) is -4.52. The molecule has 1 saturated heterocycles. The van der Waals surface area contributed by atoms with Crippen LogP contribution in [0.25, 0.3) is 0 Å². The maximum Gasteiger partial charge on any atom is 0.416 e. The number of nitrogens with zero attached hydrogens (tertiary/aromatic N) is 2. The molecule has 0 aliphatic carbocycles. The van der Waals surface area contributed by atoms with Gasteiger partial charge in [-0.05, 0) is 42.5 Å². The first kappa shape index (κ1) is 23.3. The van der Waals surface area contributed by atoms with Crippen molar-refractivity contribution >= 4 is 23.4 Å². The Morgan fingerprint density at radius 1 is 0.844 bits per heavy atom. The van der Waals surface area contributed by atoms with Gasteiger partial charge in [0.05, 0.1) is 5.56 Å². The van der Waals surface area contributed by atoms with Crippen molar-refractivity contribution in [3.05, 3.63) is 65.2 Å². The minimum atomic E-state index is -4.52. The lowest BCUT2D eigenvalue weighted by Gasteiger charge is -2.35. The molecule has 1 N–H and O–H groups in total. The molecule has 170 valence electrons.